The number of hydrogen-bond acceptors (Lipinski definition) is 5. The average molecular weight is 341 g/mol. The number of pyridine rings is 1. The van der Waals surface area contributed by atoms with Gasteiger partial charge >= 0.3 is 12.1 Å². The van der Waals surface area contributed by atoms with Gasteiger partial charge in [0.1, 0.15) is 5.70 Å². The Labute approximate surface area is 142 Å². The molecular formula is C17H15N3O5. The minimum Gasteiger partial charge on any atom is -0.477 e. The van der Waals surface area contributed by atoms with Gasteiger partial charge in [0.15, 0.2) is 0 Å². The second-order valence-electron chi connectivity index (χ2n) is 6.30. The van der Waals surface area contributed by atoms with Gasteiger partial charge in [-0.25, -0.2) is 14.5 Å². The monoisotopic (exact) mass is 341 g/mol. The highest BCUT2D eigenvalue weighted by Gasteiger charge is 2.60. The molecule has 0 aliphatic carbocycles. The van der Waals surface area contributed by atoms with E-state index in [0.29, 0.717) is 5.57 Å². The zero-order chi connectivity index (χ0) is 17.7. The molecule has 3 aliphatic heterocycles. The fourth-order valence-electron chi connectivity index (χ4n) is 4.05. The van der Waals surface area contributed by atoms with Gasteiger partial charge in [0.05, 0.1) is 12.1 Å². The van der Waals surface area contributed by atoms with Crippen molar-refractivity contribution in [1.29, 1.82) is 0 Å². The Morgan fingerprint density at radius 2 is 2.08 bits per heavy atom. The molecule has 0 saturated carbocycles. The molecule has 2 amide bonds. The first-order valence-electron chi connectivity index (χ1n) is 7.86. The van der Waals surface area contributed by atoms with Crippen LogP contribution in [0.1, 0.15) is 12.0 Å². The molecule has 8 heteroatoms. The lowest BCUT2D eigenvalue weighted by Gasteiger charge is -2.53. The second-order valence-corrected chi connectivity index (χ2v) is 6.30. The fourth-order valence-corrected chi connectivity index (χ4v) is 4.05. The van der Waals surface area contributed by atoms with Crippen molar-refractivity contribution in [2.24, 2.45) is 5.92 Å². The number of carboxylic acids is 1. The van der Waals surface area contributed by atoms with Gasteiger partial charge in [0.2, 0.25) is 5.91 Å². The van der Waals surface area contributed by atoms with Gasteiger partial charge in [-0.1, -0.05) is 18.2 Å². The van der Waals surface area contributed by atoms with E-state index in [1.165, 1.54) is 0 Å². The normalized spacial score (nSPS) is 27.5. The number of carboxylic acid groups (broad SMARTS) is 2. The molecule has 0 bridgehead atoms. The van der Waals surface area contributed by atoms with Crippen molar-refractivity contribution in [3.05, 3.63) is 47.4 Å². The van der Waals surface area contributed by atoms with Crippen molar-refractivity contribution < 1.29 is 24.6 Å². The Hall–Kier alpha value is -3.16. The van der Waals surface area contributed by atoms with Crippen LogP contribution < -0.4 is 0 Å². The lowest BCUT2D eigenvalue weighted by Crippen LogP contribution is -2.71. The SMILES string of the molecule is O=C(O)C1=C(/C=C/c2cccnc2)C2CC(=O)N(C(=O)O)[C@H]3CN1[C@H]23. The summed E-state index contributed by atoms with van der Waals surface area (Å²) in [5.41, 5.74) is 1.55. The zero-order valence-corrected chi connectivity index (χ0v) is 13.1. The molecule has 1 unspecified atom stereocenters. The van der Waals surface area contributed by atoms with E-state index >= 15 is 0 Å². The van der Waals surface area contributed by atoms with Crippen LogP contribution in [0, 0.1) is 5.92 Å². The number of rotatable bonds is 3. The van der Waals surface area contributed by atoms with E-state index in [1.54, 1.807) is 35.5 Å². The van der Waals surface area contributed by atoms with Crippen molar-refractivity contribution in [3.8, 4) is 0 Å². The van der Waals surface area contributed by atoms with Crippen LogP contribution in [-0.4, -0.2) is 61.6 Å². The summed E-state index contributed by atoms with van der Waals surface area (Å²) in [6.07, 6.45) is 5.50. The van der Waals surface area contributed by atoms with Crippen LogP contribution in [0.25, 0.3) is 6.08 Å². The summed E-state index contributed by atoms with van der Waals surface area (Å²) in [5, 5.41) is 18.9. The van der Waals surface area contributed by atoms with Crippen molar-refractivity contribution in [2.45, 2.75) is 18.5 Å². The maximum atomic E-state index is 12.2. The van der Waals surface area contributed by atoms with E-state index in [-0.39, 0.29) is 30.6 Å². The van der Waals surface area contributed by atoms with Crippen molar-refractivity contribution in [2.75, 3.05) is 6.54 Å². The predicted molar refractivity (Wildman–Crippen MR) is 85.2 cm³/mol. The summed E-state index contributed by atoms with van der Waals surface area (Å²) in [5.74, 6) is -1.84. The average Bonchev–Trinajstić information content (AvgIpc) is 2.81. The number of aromatic nitrogens is 1. The van der Waals surface area contributed by atoms with Crippen LogP contribution in [0.2, 0.25) is 0 Å². The first-order chi connectivity index (χ1) is 12.0. The van der Waals surface area contributed by atoms with Gasteiger partial charge < -0.3 is 15.1 Å². The summed E-state index contributed by atoms with van der Waals surface area (Å²) in [7, 11) is 0. The van der Waals surface area contributed by atoms with E-state index < -0.39 is 24.0 Å². The van der Waals surface area contributed by atoms with Crippen LogP contribution >= 0.6 is 0 Å². The fraction of sp³-hybridized carbons (Fsp3) is 0.294. The molecule has 25 heavy (non-hydrogen) atoms. The van der Waals surface area contributed by atoms with Gasteiger partial charge in [0.25, 0.3) is 0 Å². The highest BCUT2D eigenvalue weighted by atomic mass is 16.4. The third-order valence-corrected chi connectivity index (χ3v) is 5.05. The van der Waals surface area contributed by atoms with E-state index in [2.05, 4.69) is 4.98 Å². The van der Waals surface area contributed by atoms with E-state index in [0.717, 1.165) is 10.5 Å². The molecule has 1 aromatic rings. The third kappa shape index (κ3) is 2.21. The largest absolute Gasteiger partial charge is 0.477 e. The Balaban J connectivity index is 1.70. The summed E-state index contributed by atoms with van der Waals surface area (Å²) in [6, 6.07) is 2.85. The maximum absolute atomic E-state index is 12.2. The molecule has 2 saturated heterocycles. The number of hydrogen-bond donors (Lipinski definition) is 2. The van der Waals surface area contributed by atoms with Crippen molar-refractivity contribution in [3.63, 3.8) is 0 Å². The van der Waals surface area contributed by atoms with Crippen LogP contribution in [0.4, 0.5) is 4.79 Å². The molecule has 3 atom stereocenters. The molecule has 8 nitrogen and oxygen atoms in total. The molecule has 0 spiro atoms. The number of allylic oxidation sites excluding steroid dienone is 1. The molecule has 128 valence electrons. The number of amides is 2. The van der Waals surface area contributed by atoms with Gasteiger partial charge in [-0.05, 0) is 17.2 Å². The number of carbonyl (C=O) groups is 3. The number of likely N-dealkylation sites (tertiary alicyclic amines) is 1. The van der Waals surface area contributed by atoms with E-state index in [1.807, 2.05) is 6.07 Å². The zero-order valence-electron chi connectivity index (χ0n) is 13.1. The maximum Gasteiger partial charge on any atom is 0.414 e. The Kier molecular flexibility index (Phi) is 3.34. The van der Waals surface area contributed by atoms with Crippen LogP contribution in [-0.2, 0) is 9.59 Å². The second kappa shape index (κ2) is 5.44. The lowest BCUT2D eigenvalue weighted by molar-refractivity contribution is -0.146. The highest BCUT2D eigenvalue weighted by molar-refractivity contribution is 5.95. The third-order valence-electron chi connectivity index (χ3n) is 5.05. The number of imide groups is 1. The molecular weight excluding hydrogens is 326 g/mol. The molecule has 0 aromatic carbocycles. The number of aliphatic carboxylic acids is 1. The predicted octanol–water partition coefficient (Wildman–Crippen LogP) is 1.03. The number of piperidine rings is 1. The molecule has 3 aliphatic rings. The first-order valence-corrected chi connectivity index (χ1v) is 7.86. The van der Waals surface area contributed by atoms with Gasteiger partial charge in [-0.15, -0.1) is 0 Å². The topological polar surface area (TPSA) is 111 Å². The first kappa shape index (κ1) is 15.4. The minimum absolute atomic E-state index is 0.00649. The number of nitrogens with zero attached hydrogens (tertiary/aromatic N) is 3. The Morgan fingerprint density at radius 3 is 2.72 bits per heavy atom. The van der Waals surface area contributed by atoms with E-state index in [4.69, 9.17) is 0 Å². The highest BCUT2D eigenvalue weighted by Crippen LogP contribution is 2.48. The van der Waals surface area contributed by atoms with Gasteiger partial charge in [-0.3, -0.25) is 9.78 Å². The minimum atomic E-state index is -1.27. The van der Waals surface area contributed by atoms with Crippen molar-refractivity contribution >= 4 is 24.0 Å². The smallest absolute Gasteiger partial charge is 0.414 e. The summed E-state index contributed by atoms with van der Waals surface area (Å²) >= 11 is 0. The standard InChI is InChI=1S/C17H15N3O5/c21-13-6-11-10(4-3-9-2-1-5-18-7-9)15(16(22)23)19-8-12(14(11)19)20(13)17(24)25/h1-5,7,11-12,14H,6,8H2,(H,22,23)(H,24,25)/b4-3+/t11?,12-,14+/m0/s1. The van der Waals surface area contributed by atoms with Crippen LogP contribution in [0.5, 0.6) is 0 Å². The molecule has 4 heterocycles. The van der Waals surface area contributed by atoms with Crippen molar-refractivity contribution in [1.82, 2.24) is 14.8 Å². The number of carbonyl (C=O) groups excluding carboxylic acids is 1. The summed E-state index contributed by atoms with van der Waals surface area (Å²) < 4.78 is 0. The Morgan fingerprint density at radius 1 is 1.28 bits per heavy atom. The molecule has 2 N–H and O–H groups in total. The molecule has 0 radical (unpaired) electrons. The molecule has 1 aromatic heterocycles. The van der Waals surface area contributed by atoms with Crippen LogP contribution in [0.3, 0.4) is 0 Å². The quantitative estimate of drug-likeness (QED) is 0.844. The molecule has 4 rings (SSSR count). The summed E-state index contributed by atoms with van der Waals surface area (Å²) in [6.45, 7) is 0.227. The lowest BCUT2D eigenvalue weighted by atomic mass is 9.78. The van der Waals surface area contributed by atoms with E-state index in [9.17, 15) is 24.6 Å². The van der Waals surface area contributed by atoms with Gasteiger partial charge in [-0.2, -0.15) is 0 Å². The summed E-state index contributed by atoms with van der Waals surface area (Å²) in [4.78, 5) is 41.9. The van der Waals surface area contributed by atoms with Crippen LogP contribution in [0.15, 0.2) is 41.9 Å². The Bertz CT molecular complexity index is 832. The van der Waals surface area contributed by atoms with Gasteiger partial charge in [0, 0.05) is 31.3 Å². The molecule has 2 fully saturated rings.